The van der Waals surface area contributed by atoms with Crippen LogP contribution in [0.25, 0.3) is 0 Å². The van der Waals surface area contributed by atoms with Crippen LogP contribution in [0.15, 0.2) is 22.7 Å². The first kappa shape index (κ1) is 12.8. The van der Waals surface area contributed by atoms with Crippen molar-refractivity contribution in [2.75, 3.05) is 11.9 Å². The molecule has 2 nitrogen and oxygen atoms in total. The number of benzene rings is 1. The van der Waals surface area contributed by atoms with Crippen LogP contribution in [0.4, 0.5) is 5.69 Å². The van der Waals surface area contributed by atoms with Crippen molar-refractivity contribution in [2.24, 2.45) is 0 Å². The molecule has 1 aromatic rings. The van der Waals surface area contributed by atoms with Crippen molar-refractivity contribution in [1.82, 2.24) is 0 Å². The molecule has 1 aliphatic carbocycles. The lowest BCUT2D eigenvalue weighted by Gasteiger charge is -2.47. The van der Waals surface area contributed by atoms with Crippen LogP contribution < -0.4 is 5.32 Å². The molecule has 1 aliphatic heterocycles. The largest absolute Gasteiger partial charge is 0.382 e. The van der Waals surface area contributed by atoms with Gasteiger partial charge < -0.3 is 10.1 Å². The normalized spacial score (nSPS) is 25.8. The quantitative estimate of drug-likeness (QED) is 0.854. The van der Waals surface area contributed by atoms with Crippen molar-refractivity contribution in [3.63, 3.8) is 0 Å². The van der Waals surface area contributed by atoms with Gasteiger partial charge in [0.15, 0.2) is 0 Å². The van der Waals surface area contributed by atoms with Crippen LogP contribution in [0.5, 0.6) is 0 Å². The van der Waals surface area contributed by atoms with Gasteiger partial charge in [0.2, 0.25) is 0 Å². The molecule has 98 valence electrons. The van der Waals surface area contributed by atoms with Gasteiger partial charge in [-0.1, -0.05) is 11.6 Å². The smallest absolute Gasteiger partial charge is 0.0702 e. The van der Waals surface area contributed by atoms with Crippen molar-refractivity contribution in [3.8, 4) is 0 Å². The Morgan fingerprint density at radius 1 is 1.39 bits per heavy atom. The molecule has 1 spiro atoms. The third kappa shape index (κ3) is 2.54. The van der Waals surface area contributed by atoms with Gasteiger partial charge >= 0.3 is 0 Å². The SMILES string of the molecule is Clc1cc(NC2CCOC3(CCC3)C2)ccc1Br. The zero-order valence-electron chi connectivity index (χ0n) is 10.2. The summed E-state index contributed by atoms with van der Waals surface area (Å²) in [6.45, 7) is 0.877. The summed E-state index contributed by atoms with van der Waals surface area (Å²) in [5.74, 6) is 0. The Bertz CT molecular complexity index is 447. The molecule has 1 N–H and O–H groups in total. The molecule has 2 fully saturated rings. The average molecular weight is 331 g/mol. The zero-order valence-corrected chi connectivity index (χ0v) is 12.6. The maximum absolute atomic E-state index is 6.11. The highest BCUT2D eigenvalue weighted by Crippen LogP contribution is 2.43. The predicted octanol–water partition coefficient (Wildman–Crippen LogP) is 4.62. The van der Waals surface area contributed by atoms with E-state index in [1.165, 1.54) is 19.3 Å². The maximum Gasteiger partial charge on any atom is 0.0702 e. The van der Waals surface area contributed by atoms with E-state index in [1.807, 2.05) is 12.1 Å². The fraction of sp³-hybridized carbons (Fsp3) is 0.571. The lowest BCUT2D eigenvalue weighted by molar-refractivity contribution is -0.130. The van der Waals surface area contributed by atoms with Crippen LogP contribution in [0.3, 0.4) is 0 Å². The number of halogens is 2. The van der Waals surface area contributed by atoms with Crippen LogP contribution in [0, 0.1) is 0 Å². The van der Waals surface area contributed by atoms with Gasteiger partial charge in [0.05, 0.1) is 10.6 Å². The Balaban J connectivity index is 1.66. The minimum atomic E-state index is 0.190. The summed E-state index contributed by atoms with van der Waals surface area (Å²) >= 11 is 9.53. The molecule has 1 aromatic carbocycles. The van der Waals surface area contributed by atoms with Crippen LogP contribution in [0.2, 0.25) is 5.02 Å². The van der Waals surface area contributed by atoms with E-state index in [9.17, 15) is 0 Å². The van der Waals surface area contributed by atoms with Crippen molar-refractivity contribution in [2.45, 2.75) is 43.7 Å². The van der Waals surface area contributed by atoms with Crippen molar-refractivity contribution >= 4 is 33.2 Å². The first-order valence-corrected chi connectivity index (χ1v) is 7.70. The lowest BCUT2D eigenvalue weighted by atomic mass is 9.74. The number of anilines is 1. The van der Waals surface area contributed by atoms with E-state index in [0.717, 1.165) is 34.6 Å². The standard InChI is InChI=1S/C14H17BrClNO/c15-12-3-2-10(8-13(12)16)17-11-4-7-18-14(9-11)5-1-6-14/h2-3,8,11,17H,1,4-7,9H2. The maximum atomic E-state index is 6.11. The molecule has 0 amide bonds. The Kier molecular flexibility index (Phi) is 3.57. The fourth-order valence-electron chi connectivity index (χ4n) is 2.89. The Labute approximate surface area is 121 Å². The second-order valence-corrected chi connectivity index (χ2v) is 6.61. The van der Waals surface area contributed by atoms with Crippen LogP contribution >= 0.6 is 27.5 Å². The van der Waals surface area contributed by atoms with Crippen molar-refractivity contribution in [1.29, 1.82) is 0 Å². The van der Waals surface area contributed by atoms with E-state index in [2.05, 4.69) is 27.3 Å². The summed E-state index contributed by atoms with van der Waals surface area (Å²) in [4.78, 5) is 0. The van der Waals surface area contributed by atoms with Gasteiger partial charge in [-0.3, -0.25) is 0 Å². The summed E-state index contributed by atoms with van der Waals surface area (Å²) < 4.78 is 6.88. The van der Waals surface area contributed by atoms with Crippen molar-refractivity contribution in [3.05, 3.63) is 27.7 Å². The first-order valence-electron chi connectivity index (χ1n) is 6.52. The Hall–Kier alpha value is -0.250. The summed E-state index contributed by atoms with van der Waals surface area (Å²) in [6.07, 6.45) is 5.98. The molecular formula is C14H17BrClNO. The zero-order chi connectivity index (χ0) is 12.6. The van der Waals surface area contributed by atoms with Crippen LogP contribution in [-0.2, 0) is 4.74 Å². The fourth-order valence-corrected chi connectivity index (χ4v) is 3.32. The Morgan fingerprint density at radius 3 is 2.89 bits per heavy atom. The minimum absolute atomic E-state index is 0.190. The Morgan fingerprint density at radius 2 is 2.22 bits per heavy atom. The topological polar surface area (TPSA) is 21.3 Å². The van der Waals surface area contributed by atoms with E-state index in [1.54, 1.807) is 0 Å². The third-order valence-electron chi connectivity index (χ3n) is 4.05. The number of ether oxygens (including phenoxy) is 1. The number of hydrogen-bond acceptors (Lipinski definition) is 2. The van der Waals surface area contributed by atoms with Gasteiger partial charge in [-0.15, -0.1) is 0 Å². The molecule has 0 radical (unpaired) electrons. The summed E-state index contributed by atoms with van der Waals surface area (Å²) in [5.41, 5.74) is 1.29. The highest BCUT2D eigenvalue weighted by atomic mass is 79.9. The molecule has 2 aliphatic rings. The van der Waals surface area contributed by atoms with E-state index in [4.69, 9.17) is 16.3 Å². The first-order chi connectivity index (χ1) is 8.67. The molecular weight excluding hydrogens is 314 g/mol. The summed E-state index contributed by atoms with van der Waals surface area (Å²) in [7, 11) is 0. The minimum Gasteiger partial charge on any atom is -0.382 e. The predicted molar refractivity (Wildman–Crippen MR) is 78.3 cm³/mol. The molecule has 1 unspecified atom stereocenters. The second kappa shape index (κ2) is 5.03. The van der Waals surface area contributed by atoms with Gasteiger partial charge in [-0.05, 0) is 66.2 Å². The number of hydrogen-bond donors (Lipinski definition) is 1. The summed E-state index contributed by atoms with van der Waals surface area (Å²) in [6, 6.07) is 6.55. The molecule has 0 bridgehead atoms. The van der Waals surface area contributed by atoms with Gasteiger partial charge in [-0.2, -0.15) is 0 Å². The highest BCUT2D eigenvalue weighted by molar-refractivity contribution is 9.10. The lowest BCUT2D eigenvalue weighted by Crippen LogP contribution is -2.48. The van der Waals surface area contributed by atoms with Gasteiger partial charge in [0.25, 0.3) is 0 Å². The number of nitrogens with one attached hydrogen (secondary N) is 1. The average Bonchev–Trinajstić information content (AvgIpc) is 2.32. The molecule has 4 heteroatoms. The third-order valence-corrected chi connectivity index (χ3v) is 5.28. The van der Waals surface area contributed by atoms with Gasteiger partial charge in [0, 0.05) is 22.8 Å². The highest BCUT2D eigenvalue weighted by Gasteiger charge is 2.42. The molecule has 1 atom stereocenters. The van der Waals surface area contributed by atoms with E-state index >= 15 is 0 Å². The second-order valence-electron chi connectivity index (χ2n) is 5.35. The van der Waals surface area contributed by atoms with Gasteiger partial charge in [-0.25, -0.2) is 0 Å². The van der Waals surface area contributed by atoms with Crippen LogP contribution in [-0.4, -0.2) is 18.2 Å². The van der Waals surface area contributed by atoms with Crippen LogP contribution in [0.1, 0.15) is 32.1 Å². The summed E-state index contributed by atoms with van der Waals surface area (Å²) in [5, 5.41) is 4.34. The number of rotatable bonds is 2. The van der Waals surface area contributed by atoms with Gasteiger partial charge in [0.1, 0.15) is 0 Å². The molecule has 1 saturated heterocycles. The molecule has 1 heterocycles. The van der Waals surface area contributed by atoms with Crippen molar-refractivity contribution < 1.29 is 4.74 Å². The monoisotopic (exact) mass is 329 g/mol. The van der Waals surface area contributed by atoms with E-state index in [0.29, 0.717) is 6.04 Å². The molecule has 1 saturated carbocycles. The van der Waals surface area contributed by atoms with E-state index in [-0.39, 0.29) is 5.60 Å². The molecule has 0 aromatic heterocycles. The molecule has 3 rings (SSSR count). The van der Waals surface area contributed by atoms with E-state index < -0.39 is 0 Å². The molecule has 18 heavy (non-hydrogen) atoms.